The summed E-state index contributed by atoms with van der Waals surface area (Å²) < 4.78 is 5.48. The van der Waals surface area contributed by atoms with Gasteiger partial charge in [0.1, 0.15) is 17.5 Å². The van der Waals surface area contributed by atoms with Crippen LogP contribution in [0.5, 0.6) is 0 Å². The van der Waals surface area contributed by atoms with Gasteiger partial charge in [-0.15, -0.1) is 0 Å². The van der Waals surface area contributed by atoms with E-state index >= 15 is 0 Å². The van der Waals surface area contributed by atoms with Gasteiger partial charge in [0.15, 0.2) is 5.58 Å². The fourth-order valence-electron chi connectivity index (χ4n) is 3.78. The number of nitrogens with one attached hydrogen (secondary N) is 2. The summed E-state index contributed by atoms with van der Waals surface area (Å²) in [6.07, 6.45) is 5.38. The second kappa shape index (κ2) is 8.47. The van der Waals surface area contributed by atoms with E-state index in [0.717, 1.165) is 36.2 Å². The lowest BCUT2D eigenvalue weighted by molar-refractivity contribution is 0.102. The third kappa shape index (κ3) is 4.35. The minimum atomic E-state index is -1.04. The molecule has 3 N–H and O–H groups in total. The highest BCUT2D eigenvalue weighted by molar-refractivity contribution is 6.05. The number of aromatic nitrogens is 2. The normalized spacial score (nSPS) is 16.2. The standard InChI is InChI=1S/C22H23N5O4/c1-13(2)15-12-31-19-6-5-16(25-20(15)19)21(28)26-17-10-23-8-7-18(17)27-9-3-4-14(11-27)24-22(29)30/h5-8,10,12,14,24H,1,3-4,9,11H2,2H3,(H,26,28)(H,29,30). The van der Waals surface area contributed by atoms with Gasteiger partial charge in [-0.05, 0) is 43.5 Å². The molecule has 1 saturated heterocycles. The maximum Gasteiger partial charge on any atom is 0.404 e. The highest BCUT2D eigenvalue weighted by atomic mass is 16.4. The van der Waals surface area contributed by atoms with Crippen molar-refractivity contribution >= 4 is 40.0 Å². The second-order valence-electron chi connectivity index (χ2n) is 7.55. The SMILES string of the molecule is C=C(C)c1coc2ccc(C(=O)Nc3cnccc3N3CCCC(NC(=O)O)C3)nc12. The number of pyridine rings is 2. The Morgan fingerprint density at radius 2 is 2.16 bits per heavy atom. The van der Waals surface area contributed by atoms with E-state index in [0.29, 0.717) is 23.3 Å². The van der Waals surface area contributed by atoms with Crippen LogP contribution in [-0.2, 0) is 0 Å². The Hall–Kier alpha value is -3.88. The van der Waals surface area contributed by atoms with E-state index in [-0.39, 0.29) is 17.6 Å². The van der Waals surface area contributed by atoms with Crippen LogP contribution < -0.4 is 15.5 Å². The molecule has 1 atom stereocenters. The molecule has 0 aliphatic carbocycles. The monoisotopic (exact) mass is 421 g/mol. The number of fused-ring (bicyclic) bond motifs is 1. The van der Waals surface area contributed by atoms with E-state index in [2.05, 4.69) is 27.2 Å². The number of carbonyl (C=O) groups excluding carboxylic acids is 1. The van der Waals surface area contributed by atoms with Crippen LogP contribution in [0.3, 0.4) is 0 Å². The number of rotatable bonds is 5. The van der Waals surface area contributed by atoms with Gasteiger partial charge in [0.05, 0.1) is 17.6 Å². The number of hydrogen-bond acceptors (Lipinski definition) is 6. The molecule has 1 aliphatic rings. The largest absolute Gasteiger partial charge is 0.465 e. The van der Waals surface area contributed by atoms with Crippen LogP contribution >= 0.6 is 0 Å². The molecule has 0 radical (unpaired) electrons. The minimum Gasteiger partial charge on any atom is -0.465 e. The molecule has 1 fully saturated rings. The van der Waals surface area contributed by atoms with Crippen molar-refractivity contribution in [1.82, 2.24) is 15.3 Å². The number of nitrogens with zero attached hydrogens (tertiary/aromatic N) is 3. The third-order valence-electron chi connectivity index (χ3n) is 5.25. The lowest BCUT2D eigenvalue weighted by Crippen LogP contribution is -2.47. The van der Waals surface area contributed by atoms with E-state index in [1.54, 1.807) is 30.8 Å². The first-order chi connectivity index (χ1) is 14.9. The number of piperidine rings is 1. The van der Waals surface area contributed by atoms with Crippen LogP contribution in [0.25, 0.3) is 16.7 Å². The van der Waals surface area contributed by atoms with E-state index in [1.165, 1.54) is 0 Å². The molecule has 3 aromatic rings. The van der Waals surface area contributed by atoms with Crippen LogP contribution in [0.2, 0.25) is 0 Å². The first-order valence-corrected chi connectivity index (χ1v) is 9.96. The van der Waals surface area contributed by atoms with E-state index in [9.17, 15) is 9.59 Å². The van der Waals surface area contributed by atoms with Crippen LogP contribution in [0.1, 0.15) is 35.8 Å². The summed E-state index contributed by atoms with van der Waals surface area (Å²) in [5.74, 6) is -0.373. The topological polar surface area (TPSA) is 121 Å². The fraction of sp³-hybridized carbons (Fsp3) is 0.273. The molecule has 1 unspecified atom stereocenters. The van der Waals surface area contributed by atoms with E-state index in [4.69, 9.17) is 9.52 Å². The average molecular weight is 421 g/mol. The zero-order valence-corrected chi connectivity index (χ0v) is 17.1. The Morgan fingerprint density at radius 3 is 2.94 bits per heavy atom. The highest BCUT2D eigenvalue weighted by Crippen LogP contribution is 2.29. The summed E-state index contributed by atoms with van der Waals surface area (Å²) in [5.41, 5.74) is 4.30. The van der Waals surface area contributed by atoms with Gasteiger partial charge in [0.2, 0.25) is 0 Å². The molecule has 0 saturated carbocycles. The zero-order valence-electron chi connectivity index (χ0n) is 17.1. The van der Waals surface area contributed by atoms with Crippen molar-refractivity contribution in [2.24, 2.45) is 0 Å². The van der Waals surface area contributed by atoms with Crippen molar-refractivity contribution in [1.29, 1.82) is 0 Å². The molecule has 4 rings (SSSR count). The molecule has 0 aromatic carbocycles. The Labute approximate surface area is 178 Å². The number of amides is 2. The predicted molar refractivity (Wildman–Crippen MR) is 117 cm³/mol. The molecule has 0 spiro atoms. The number of hydrogen-bond donors (Lipinski definition) is 3. The predicted octanol–water partition coefficient (Wildman–Crippen LogP) is 3.74. The van der Waals surface area contributed by atoms with Gasteiger partial charge in [-0.3, -0.25) is 9.78 Å². The van der Waals surface area contributed by atoms with Crippen molar-refractivity contribution in [2.75, 3.05) is 23.3 Å². The van der Waals surface area contributed by atoms with E-state index < -0.39 is 6.09 Å². The molecular weight excluding hydrogens is 398 g/mol. The first-order valence-electron chi connectivity index (χ1n) is 9.96. The van der Waals surface area contributed by atoms with Crippen molar-refractivity contribution in [3.63, 3.8) is 0 Å². The quantitative estimate of drug-likeness (QED) is 0.574. The summed E-state index contributed by atoms with van der Waals surface area (Å²) in [5, 5.41) is 14.5. The smallest absolute Gasteiger partial charge is 0.404 e. The molecule has 2 amide bonds. The molecular formula is C22H23N5O4. The number of carboxylic acid groups (broad SMARTS) is 1. The van der Waals surface area contributed by atoms with E-state index in [1.807, 2.05) is 17.9 Å². The van der Waals surface area contributed by atoms with Gasteiger partial charge >= 0.3 is 6.09 Å². The van der Waals surface area contributed by atoms with Crippen LogP contribution in [0, 0.1) is 0 Å². The van der Waals surface area contributed by atoms with Gasteiger partial charge in [0, 0.05) is 30.9 Å². The van der Waals surface area contributed by atoms with Gasteiger partial charge in [0.25, 0.3) is 5.91 Å². The maximum absolute atomic E-state index is 12.9. The maximum atomic E-state index is 12.9. The molecule has 9 nitrogen and oxygen atoms in total. The Bertz CT molecular complexity index is 1160. The van der Waals surface area contributed by atoms with Gasteiger partial charge in [-0.2, -0.15) is 0 Å². The minimum absolute atomic E-state index is 0.173. The van der Waals surface area contributed by atoms with Crippen molar-refractivity contribution in [2.45, 2.75) is 25.8 Å². The van der Waals surface area contributed by atoms with Crippen LogP contribution in [0.15, 0.2) is 47.9 Å². The van der Waals surface area contributed by atoms with Crippen molar-refractivity contribution in [3.05, 3.63) is 54.7 Å². The average Bonchev–Trinajstić information content (AvgIpc) is 3.17. The summed E-state index contributed by atoms with van der Waals surface area (Å²) in [4.78, 5) is 34.6. The molecule has 4 heterocycles. The van der Waals surface area contributed by atoms with Crippen LogP contribution in [0.4, 0.5) is 16.2 Å². The lowest BCUT2D eigenvalue weighted by atomic mass is 10.0. The molecule has 1 aliphatic heterocycles. The van der Waals surface area contributed by atoms with Gasteiger partial charge in [-0.1, -0.05) is 6.58 Å². The van der Waals surface area contributed by atoms with Gasteiger partial charge < -0.3 is 25.1 Å². The summed E-state index contributed by atoms with van der Waals surface area (Å²) >= 11 is 0. The molecule has 9 heteroatoms. The fourth-order valence-corrected chi connectivity index (χ4v) is 3.78. The molecule has 31 heavy (non-hydrogen) atoms. The summed E-state index contributed by atoms with van der Waals surface area (Å²) in [7, 11) is 0. The third-order valence-corrected chi connectivity index (χ3v) is 5.25. The number of furan rings is 1. The number of allylic oxidation sites excluding steroid dienone is 1. The zero-order chi connectivity index (χ0) is 22.0. The Balaban J connectivity index is 1.57. The highest BCUT2D eigenvalue weighted by Gasteiger charge is 2.24. The second-order valence-corrected chi connectivity index (χ2v) is 7.55. The molecule has 0 bridgehead atoms. The Kier molecular flexibility index (Phi) is 5.57. The van der Waals surface area contributed by atoms with Crippen molar-refractivity contribution in [3.8, 4) is 0 Å². The van der Waals surface area contributed by atoms with Crippen molar-refractivity contribution < 1.29 is 19.1 Å². The molecule has 160 valence electrons. The van der Waals surface area contributed by atoms with Gasteiger partial charge in [-0.25, -0.2) is 9.78 Å². The summed E-state index contributed by atoms with van der Waals surface area (Å²) in [6.45, 7) is 7.04. The summed E-state index contributed by atoms with van der Waals surface area (Å²) in [6, 6.07) is 4.95. The Morgan fingerprint density at radius 1 is 1.32 bits per heavy atom. The van der Waals surface area contributed by atoms with Crippen LogP contribution in [-0.4, -0.2) is 46.2 Å². The lowest BCUT2D eigenvalue weighted by Gasteiger charge is -2.35. The number of anilines is 2. The molecule has 3 aromatic heterocycles. The number of carbonyl (C=O) groups is 2. The first kappa shape index (κ1) is 20.4.